The summed E-state index contributed by atoms with van der Waals surface area (Å²) in [7, 11) is 0. The van der Waals surface area contributed by atoms with E-state index in [-0.39, 0.29) is 23.4 Å². The lowest BCUT2D eigenvalue weighted by Gasteiger charge is -2.37. The van der Waals surface area contributed by atoms with Crippen molar-refractivity contribution in [2.45, 2.75) is 46.2 Å². The van der Waals surface area contributed by atoms with Gasteiger partial charge in [-0.25, -0.2) is 0 Å². The molecule has 1 aromatic heterocycles. The maximum atomic E-state index is 12.3. The van der Waals surface area contributed by atoms with Gasteiger partial charge in [0.15, 0.2) is 5.82 Å². The fraction of sp³-hybridized carbons (Fsp3) is 0.706. The van der Waals surface area contributed by atoms with E-state index in [4.69, 9.17) is 4.52 Å². The number of aryl methyl sites for hydroxylation is 1. The molecule has 0 spiro atoms. The second-order valence-corrected chi connectivity index (χ2v) is 7.60. The largest absolute Gasteiger partial charge is 0.360 e. The third-order valence-electron chi connectivity index (χ3n) is 4.09. The Morgan fingerprint density at radius 1 is 1.28 bits per heavy atom. The first-order chi connectivity index (χ1) is 11.6. The first kappa shape index (κ1) is 19.4. The monoisotopic (exact) mass is 351 g/mol. The van der Waals surface area contributed by atoms with Crippen molar-refractivity contribution in [1.82, 2.24) is 20.3 Å². The molecule has 140 valence electrons. The molecule has 0 radical (unpaired) electrons. The highest BCUT2D eigenvalue weighted by molar-refractivity contribution is 5.91. The predicted octanol–water partition coefficient (Wildman–Crippen LogP) is 0.842. The number of piperazine rings is 1. The number of nitrogens with one attached hydrogen (secondary N) is 2. The Hall–Kier alpha value is -1.93. The van der Waals surface area contributed by atoms with Gasteiger partial charge < -0.3 is 15.2 Å². The number of hydrogen-bond donors (Lipinski definition) is 2. The van der Waals surface area contributed by atoms with E-state index in [1.165, 1.54) is 0 Å². The topological polar surface area (TPSA) is 90.7 Å². The van der Waals surface area contributed by atoms with Gasteiger partial charge in [0.1, 0.15) is 5.76 Å². The average molecular weight is 351 g/mol. The third kappa shape index (κ3) is 6.13. The van der Waals surface area contributed by atoms with Crippen LogP contribution in [0.1, 0.15) is 33.5 Å². The van der Waals surface area contributed by atoms with E-state index in [0.29, 0.717) is 18.1 Å². The van der Waals surface area contributed by atoms with Gasteiger partial charge >= 0.3 is 0 Å². The summed E-state index contributed by atoms with van der Waals surface area (Å²) in [5, 5.41) is 9.49. The van der Waals surface area contributed by atoms with Crippen LogP contribution in [0.4, 0.5) is 5.82 Å². The fourth-order valence-electron chi connectivity index (χ4n) is 2.76. The lowest BCUT2D eigenvalue weighted by molar-refractivity contribution is -0.128. The molecule has 0 bridgehead atoms. The molecule has 1 fully saturated rings. The molecule has 0 saturated carbocycles. The van der Waals surface area contributed by atoms with E-state index >= 15 is 0 Å². The highest BCUT2D eigenvalue weighted by Gasteiger charge is 2.28. The van der Waals surface area contributed by atoms with Crippen LogP contribution in [0.2, 0.25) is 0 Å². The van der Waals surface area contributed by atoms with Gasteiger partial charge in [-0.2, -0.15) is 0 Å². The van der Waals surface area contributed by atoms with E-state index in [0.717, 1.165) is 26.2 Å². The Balaban J connectivity index is 1.75. The Morgan fingerprint density at radius 3 is 2.44 bits per heavy atom. The number of amides is 2. The number of carbonyl (C=O) groups is 2. The predicted molar refractivity (Wildman–Crippen MR) is 95.2 cm³/mol. The highest BCUT2D eigenvalue weighted by atomic mass is 16.5. The van der Waals surface area contributed by atoms with Crippen molar-refractivity contribution in [2.75, 3.05) is 38.0 Å². The van der Waals surface area contributed by atoms with Gasteiger partial charge in [-0.05, 0) is 34.6 Å². The molecule has 0 aromatic carbocycles. The van der Waals surface area contributed by atoms with Gasteiger partial charge in [-0.3, -0.25) is 19.4 Å². The maximum Gasteiger partial charge on any atom is 0.239 e. The zero-order chi connectivity index (χ0) is 18.6. The van der Waals surface area contributed by atoms with Crippen molar-refractivity contribution >= 4 is 17.6 Å². The minimum absolute atomic E-state index is 0.0418. The van der Waals surface area contributed by atoms with E-state index < -0.39 is 0 Å². The summed E-state index contributed by atoms with van der Waals surface area (Å²) >= 11 is 0. The van der Waals surface area contributed by atoms with Crippen LogP contribution in [-0.4, -0.2) is 71.1 Å². The first-order valence-corrected chi connectivity index (χ1v) is 8.65. The summed E-state index contributed by atoms with van der Waals surface area (Å²) in [5.41, 5.74) is -0.231. The van der Waals surface area contributed by atoms with Gasteiger partial charge in [0.05, 0.1) is 12.6 Å². The van der Waals surface area contributed by atoms with Gasteiger partial charge in [0.25, 0.3) is 0 Å². The molecular formula is C17H29N5O3. The molecule has 2 rings (SSSR count). The van der Waals surface area contributed by atoms with Gasteiger partial charge in [-0.15, -0.1) is 0 Å². The molecule has 1 aromatic rings. The third-order valence-corrected chi connectivity index (χ3v) is 4.09. The van der Waals surface area contributed by atoms with Gasteiger partial charge in [0, 0.05) is 37.8 Å². The summed E-state index contributed by atoms with van der Waals surface area (Å²) in [6, 6.07) is 1.51. The quantitative estimate of drug-likeness (QED) is 0.817. The summed E-state index contributed by atoms with van der Waals surface area (Å²) in [4.78, 5) is 28.6. The molecule has 8 nitrogen and oxygen atoms in total. The molecule has 1 saturated heterocycles. The second kappa shape index (κ2) is 7.97. The standard InChI is InChI=1S/C17H29N5O3/c1-12-10-14(20-25-12)18-15(23)11-21-6-8-22(9-7-21)13(2)16(24)19-17(3,4)5/h10,13H,6-9,11H2,1-5H3,(H,19,24)(H,18,20,23). The van der Waals surface area contributed by atoms with Crippen LogP contribution < -0.4 is 10.6 Å². The molecule has 2 N–H and O–H groups in total. The fourth-order valence-corrected chi connectivity index (χ4v) is 2.76. The smallest absolute Gasteiger partial charge is 0.239 e. The zero-order valence-corrected chi connectivity index (χ0v) is 15.8. The minimum Gasteiger partial charge on any atom is -0.360 e. The van der Waals surface area contributed by atoms with E-state index in [1.54, 1.807) is 13.0 Å². The van der Waals surface area contributed by atoms with Crippen molar-refractivity contribution in [3.05, 3.63) is 11.8 Å². The molecule has 1 aliphatic rings. The van der Waals surface area contributed by atoms with Crippen molar-refractivity contribution in [3.63, 3.8) is 0 Å². The lowest BCUT2D eigenvalue weighted by Crippen LogP contribution is -2.56. The van der Waals surface area contributed by atoms with Crippen molar-refractivity contribution in [2.24, 2.45) is 0 Å². The summed E-state index contributed by atoms with van der Waals surface area (Å²) < 4.78 is 4.93. The average Bonchev–Trinajstić information content (AvgIpc) is 2.90. The highest BCUT2D eigenvalue weighted by Crippen LogP contribution is 2.10. The normalized spacial score (nSPS) is 18.0. The second-order valence-electron chi connectivity index (χ2n) is 7.60. The van der Waals surface area contributed by atoms with Crippen LogP contribution in [0.15, 0.2) is 10.6 Å². The molecule has 2 amide bonds. The van der Waals surface area contributed by atoms with Crippen LogP contribution in [0.5, 0.6) is 0 Å². The van der Waals surface area contributed by atoms with Crippen LogP contribution in [-0.2, 0) is 9.59 Å². The first-order valence-electron chi connectivity index (χ1n) is 8.65. The van der Waals surface area contributed by atoms with Crippen molar-refractivity contribution < 1.29 is 14.1 Å². The van der Waals surface area contributed by atoms with Crippen LogP contribution in [0.25, 0.3) is 0 Å². The Labute approximate surface area is 148 Å². The van der Waals surface area contributed by atoms with E-state index in [9.17, 15) is 9.59 Å². The van der Waals surface area contributed by atoms with Crippen LogP contribution >= 0.6 is 0 Å². The van der Waals surface area contributed by atoms with Crippen LogP contribution in [0, 0.1) is 6.92 Å². The molecule has 2 heterocycles. The zero-order valence-electron chi connectivity index (χ0n) is 15.8. The molecular weight excluding hydrogens is 322 g/mol. The SMILES string of the molecule is Cc1cc(NC(=O)CN2CCN(C(C)C(=O)NC(C)(C)C)CC2)no1. The summed E-state index contributed by atoms with van der Waals surface area (Å²) in [5.74, 6) is 1.03. The van der Waals surface area contributed by atoms with Crippen molar-refractivity contribution in [3.8, 4) is 0 Å². The lowest BCUT2D eigenvalue weighted by atomic mass is 10.1. The number of nitrogens with zero attached hydrogens (tertiary/aromatic N) is 3. The number of anilines is 1. The molecule has 1 atom stereocenters. The number of aromatic nitrogens is 1. The Kier molecular flexibility index (Phi) is 6.18. The summed E-state index contributed by atoms with van der Waals surface area (Å²) in [6.45, 7) is 13.0. The molecule has 1 aliphatic heterocycles. The van der Waals surface area contributed by atoms with Gasteiger partial charge in [-0.1, -0.05) is 5.16 Å². The number of carbonyl (C=O) groups excluding carboxylic acids is 2. The maximum absolute atomic E-state index is 12.3. The van der Waals surface area contributed by atoms with E-state index in [2.05, 4.69) is 25.6 Å². The Morgan fingerprint density at radius 2 is 1.92 bits per heavy atom. The number of hydrogen-bond acceptors (Lipinski definition) is 6. The molecule has 0 aliphatic carbocycles. The molecule has 8 heteroatoms. The van der Waals surface area contributed by atoms with Crippen molar-refractivity contribution in [1.29, 1.82) is 0 Å². The number of rotatable bonds is 5. The van der Waals surface area contributed by atoms with Gasteiger partial charge in [0.2, 0.25) is 11.8 Å². The minimum atomic E-state index is -0.231. The Bertz CT molecular complexity index is 600. The van der Waals surface area contributed by atoms with Crippen LogP contribution in [0.3, 0.4) is 0 Å². The van der Waals surface area contributed by atoms with E-state index in [1.807, 2.05) is 27.7 Å². The molecule has 25 heavy (non-hydrogen) atoms. The summed E-state index contributed by atoms with van der Waals surface area (Å²) in [6.07, 6.45) is 0. The molecule has 1 unspecified atom stereocenters.